The second-order valence-electron chi connectivity index (χ2n) is 4.55. The van der Waals surface area contributed by atoms with E-state index in [0.717, 1.165) is 12.0 Å². The highest BCUT2D eigenvalue weighted by atomic mass is 16.4. The molecule has 110 valence electrons. The Morgan fingerprint density at radius 3 is 2.48 bits per heavy atom. The van der Waals surface area contributed by atoms with Gasteiger partial charge >= 0.3 is 5.97 Å². The third-order valence-electron chi connectivity index (χ3n) is 2.98. The predicted octanol–water partition coefficient (Wildman–Crippen LogP) is 0.855. The van der Waals surface area contributed by atoms with Crippen molar-refractivity contribution in [1.29, 1.82) is 0 Å². The largest absolute Gasteiger partial charge is 0.476 e. The average molecular weight is 288 g/mol. The fourth-order valence-electron chi connectivity index (χ4n) is 1.77. The standard InChI is InChI=1S/C14H16N4O3/c1-2-10-3-5-11(6-4-10)7-15-13(19)9-18-8-12(14(20)21)16-17-18/h3-6,8H,2,7,9H2,1H3,(H,15,19)(H,20,21). The van der Waals surface area contributed by atoms with Crippen LogP contribution in [-0.2, 0) is 24.3 Å². The van der Waals surface area contributed by atoms with Gasteiger partial charge < -0.3 is 10.4 Å². The van der Waals surface area contributed by atoms with Crippen molar-refractivity contribution in [3.8, 4) is 0 Å². The highest BCUT2D eigenvalue weighted by Crippen LogP contribution is 2.04. The lowest BCUT2D eigenvalue weighted by Crippen LogP contribution is -2.27. The van der Waals surface area contributed by atoms with Crippen molar-refractivity contribution in [2.45, 2.75) is 26.4 Å². The second-order valence-corrected chi connectivity index (χ2v) is 4.55. The van der Waals surface area contributed by atoms with Gasteiger partial charge in [0.1, 0.15) is 6.54 Å². The summed E-state index contributed by atoms with van der Waals surface area (Å²) >= 11 is 0. The van der Waals surface area contributed by atoms with E-state index in [0.29, 0.717) is 6.54 Å². The van der Waals surface area contributed by atoms with Gasteiger partial charge in [-0.1, -0.05) is 36.4 Å². The topological polar surface area (TPSA) is 97.1 Å². The van der Waals surface area contributed by atoms with E-state index in [9.17, 15) is 9.59 Å². The summed E-state index contributed by atoms with van der Waals surface area (Å²) in [5.74, 6) is -1.42. The smallest absolute Gasteiger partial charge is 0.358 e. The zero-order chi connectivity index (χ0) is 15.2. The summed E-state index contributed by atoms with van der Waals surface area (Å²) in [5.41, 5.74) is 2.07. The van der Waals surface area contributed by atoms with E-state index < -0.39 is 5.97 Å². The Hall–Kier alpha value is -2.70. The molecule has 2 N–H and O–H groups in total. The number of carboxylic acids is 1. The molecule has 21 heavy (non-hydrogen) atoms. The molecule has 0 radical (unpaired) electrons. The summed E-state index contributed by atoms with van der Waals surface area (Å²) in [7, 11) is 0. The average Bonchev–Trinajstić information content (AvgIpc) is 2.94. The highest BCUT2D eigenvalue weighted by Gasteiger charge is 2.10. The molecule has 0 spiro atoms. The molecule has 7 heteroatoms. The molecule has 1 heterocycles. The monoisotopic (exact) mass is 288 g/mol. The van der Waals surface area contributed by atoms with Crippen molar-refractivity contribution >= 4 is 11.9 Å². The minimum absolute atomic E-state index is 0.0622. The number of aromatic carboxylic acids is 1. The van der Waals surface area contributed by atoms with Crippen molar-refractivity contribution < 1.29 is 14.7 Å². The van der Waals surface area contributed by atoms with E-state index in [4.69, 9.17) is 5.11 Å². The zero-order valence-electron chi connectivity index (χ0n) is 11.6. The highest BCUT2D eigenvalue weighted by molar-refractivity contribution is 5.84. The molecule has 0 aliphatic rings. The Morgan fingerprint density at radius 1 is 1.24 bits per heavy atom. The molecule has 1 aromatic heterocycles. The Morgan fingerprint density at radius 2 is 1.90 bits per heavy atom. The molecule has 1 amide bonds. The van der Waals surface area contributed by atoms with E-state index in [-0.39, 0.29) is 18.1 Å². The Kier molecular flexibility index (Phi) is 4.65. The number of carbonyl (C=O) groups excluding carboxylic acids is 1. The number of aromatic nitrogens is 3. The van der Waals surface area contributed by atoms with Crippen LogP contribution in [0.5, 0.6) is 0 Å². The molecule has 0 unspecified atom stereocenters. The SMILES string of the molecule is CCc1ccc(CNC(=O)Cn2cc(C(=O)O)nn2)cc1. The number of nitrogens with one attached hydrogen (secondary N) is 1. The van der Waals surface area contributed by atoms with E-state index in [1.807, 2.05) is 24.3 Å². The van der Waals surface area contributed by atoms with Gasteiger partial charge in [0.15, 0.2) is 5.69 Å². The van der Waals surface area contributed by atoms with Crippen LogP contribution >= 0.6 is 0 Å². The van der Waals surface area contributed by atoms with Crippen LogP contribution in [0.25, 0.3) is 0 Å². The molecule has 0 aliphatic heterocycles. The van der Waals surface area contributed by atoms with Gasteiger partial charge in [-0.2, -0.15) is 0 Å². The molecule has 0 atom stereocenters. The lowest BCUT2D eigenvalue weighted by molar-refractivity contribution is -0.122. The fourth-order valence-corrected chi connectivity index (χ4v) is 1.77. The number of amides is 1. The van der Waals surface area contributed by atoms with Gasteiger partial charge in [-0.3, -0.25) is 4.79 Å². The van der Waals surface area contributed by atoms with Gasteiger partial charge in [0.25, 0.3) is 0 Å². The first-order valence-corrected chi connectivity index (χ1v) is 6.56. The Bertz CT molecular complexity index is 634. The summed E-state index contributed by atoms with van der Waals surface area (Å²) in [6.45, 7) is 2.44. The molecule has 7 nitrogen and oxygen atoms in total. The molecule has 1 aromatic carbocycles. The van der Waals surface area contributed by atoms with Gasteiger partial charge in [0.05, 0.1) is 6.20 Å². The maximum atomic E-state index is 11.7. The van der Waals surface area contributed by atoms with Gasteiger partial charge in [-0.25, -0.2) is 9.48 Å². The molecule has 2 rings (SSSR count). The van der Waals surface area contributed by atoms with Crippen LogP contribution < -0.4 is 5.32 Å². The van der Waals surface area contributed by atoms with Crippen molar-refractivity contribution in [1.82, 2.24) is 20.3 Å². The molecule has 0 aliphatic carbocycles. The van der Waals surface area contributed by atoms with Gasteiger partial charge in [-0.15, -0.1) is 5.10 Å². The summed E-state index contributed by atoms with van der Waals surface area (Å²) in [6.07, 6.45) is 2.20. The maximum absolute atomic E-state index is 11.7. The van der Waals surface area contributed by atoms with Crippen molar-refractivity contribution in [2.75, 3.05) is 0 Å². The third kappa shape index (κ3) is 4.13. The predicted molar refractivity (Wildman–Crippen MR) is 74.6 cm³/mol. The minimum atomic E-state index is -1.17. The third-order valence-corrected chi connectivity index (χ3v) is 2.98. The van der Waals surface area contributed by atoms with Crippen molar-refractivity contribution in [2.24, 2.45) is 0 Å². The molecule has 0 saturated heterocycles. The van der Waals surface area contributed by atoms with Crippen molar-refractivity contribution in [3.63, 3.8) is 0 Å². The fraction of sp³-hybridized carbons (Fsp3) is 0.286. The number of carbonyl (C=O) groups is 2. The lowest BCUT2D eigenvalue weighted by Gasteiger charge is -2.06. The number of hydrogen-bond donors (Lipinski definition) is 2. The molecular formula is C14H16N4O3. The summed E-state index contributed by atoms with van der Waals surface area (Å²) < 4.78 is 1.19. The van der Waals surface area contributed by atoms with Gasteiger partial charge in [0.2, 0.25) is 5.91 Å². The molecule has 0 fully saturated rings. The van der Waals surface area contributed by atoms with E-state index >= 15 is 0 Å². The van der Waals surface area contributed by atoms with Crippen molar-refractivity contribution in [3.05, 3.63) is 47.3 Å². The van der Waals surface area contributed by atoms with E-state index in [1.54, 1.807) is 0 Å². The van der Waals surface area contributed by atoms with Crippen LogP contribution in [0.15, 0.2) is 30.5 Å². The van der Waals surface area contributed by atoms with Crippen LogP contribution in [0, 0.1) is 0 Å². The second kappa shape index (κ2) is 6.65. The summed E-state index contributed by atoms with van der Waals surface area (Å²) in [4.78, 5) is 22.4. The quantitative estimate of drug-likeness (QED) is 0.821. The summed E-state index contributed by atoms with van der Waals surface area (Å²) in [6, 6.07) is 7.99. The Labute approximate surface area is 121 Å². The number of aryl methyl sites for hydroxylation is 1. The first kappa shape index (κ1) is 14.7. The minimum Gasteiger partial charge on any atom is -0.476 e. The van der Waals surface area contributed by atoms with Crippen LogP contribution in [0.4, 0.5) is 0 Å². The number of hydrogen-bond acceptors (Lipinski definition) is 4. The normalized spacial score (nSPS) is 10.3. The van der Waals surface area contributed by atoms with Crippen LogP contribution in [0.3, 0.4) is 0 Å². The number of carboxylic acid groups (broad SMARTS) is 1. The first-order valence-electron chi connectivity index (χ1n) is 6.56. The lowest BCUT2D eigenvalue weighted by atomic mass is 10.1. The van der Waals surface area contributed by atoms with Crippen LogP contribution in [0.1, 0.15) is 28.5 Å². The number of benzene rings is 1. The van der Waals surface area contributed by atoms with Crippen LogP contribution in [0.2, 0.25) is 0 Å². The molecule has 0 bridgehead atoms. The zero-order valence-corrected chi connectivity index (χ0v) is 11.6. The summed E-state index contributed by atoms with van der Waals surface area (Å²) in [5, 5.41) is 18.5. The number of nitrogens with zero attached hydrogens (tertiary/aromatic N) is 3. The maximum Gasteiger partial charge on any atom is 0.358 e. The van der Waals surface area contributed by atoms with Crippen LogP contribution in [-0.4, -0.2) is 32.0 Å². The van der Waals surface area contributed by atoms with E-state index in [1.165, 1.54) is 16.4 Å². The molecule has 0 saturated carbocycles. The van der Waals surface area contributed by atoms with E-state index in [2.05, 4.69) is 22.6 Å². The molecular weight excluding hydrogens is 272 g/mol. The molecule has 2 aromatic rings. The first-order chi connectivity index (χ1) is 10.1. The number of rotatable bonds is 6. The van der Waals surface area contributed by atoms with Gasteiger partial charge in [0, 0.05) is 6.54 Å². The Balaban J connectivity index is 1.84. The van der Waals surface area contributed by atoms with Gasteiger partial charge in [-0.05, 0) is 17.5 Å².